The number of rotatable bonds is 14. The number of amides is 1. The molecule has 0 bridgehead atoms. The molecule has 0 aliphatic carbocycles. The number of methoxy groups -OCH3 is 1. The molecule has 3 atom stereocenters. The Labute approximate surface area is 277 Å². The third-order valence-corrected chi connectivity index (χ3v) is 9.77. The Balaban J connectivity index is 1.54. The van der Waals surface area contributed by atoms with Crippen molar-refractivity contribution in [1.29, 1.82) is 0 Å². The lowest BCUT2D eigenvalue weighted by molar-refractivity contribution is -0.147. The van der Waals surface area contributed by atoms with Crippen LogP contribution in [-0.4, -0.2) is 80.5 Å². The van der Waals surface area contributed by atoms with E-state index in [2.05, 4.69) is 13.8 Å². The van der Waals surface area contributed by atoms with E-state index in [4.69, 9.17) is 23.7 Å². The number of ether oxygens (including phenoxy) is 5. The van der Waals surface area contributed by atoms with Gasteiger partial charge in [0.1, 0.15) is 5.82 Å². The Morgan fingerprint density at radius 2 is 1.81 bits per heavy atom. The number of carboxylic acids is 1. The summed E-state index contributed by atoms with van der Waals surface area (Å²) in [6.07, 6.45) is 3.28. The van der Waals surface area contributed by atoms with Gasteiger partial charge in [0.2, 0.25) is 18.4 Å². The fraction of sp³-hybridized carbons (Fsp3) is 0.611. The highest BCUT2D eigenvalue weighted by Crippen LogP contribution is 2.49. The van der Waals surface area contributed by atoms with E-state index in [0.717, 1.165) is 31.2 Å². The second-order valence-electron chi connectivity index (χ2n) is 13.6. The highest BCUT2D eigenvalue weighted by molar-refractivity contribution is 5.95. The van der Waals surface area contributed by atoms with Gasteiger partial charge in [-0.1, -0.05) is 40.5 Å². The maximum atomic E-state index is 14.6. The van der Waals surface area contributed by atoms with Crippen LogP contribution in [0.1, 0.15) is 76.8 Å². The fourth-order valence-corrected chi connectivity index (χ4v) is 7.55. The van der Waals surface area contributed by atoms with Gasteiger partial charge in [0, 0.05) is 35.6 Å². The summed E-state index contributed by atoms with van der Waals surface area (Å²) in [5.41, 5.74) is 1.31. The molecule has 11 heteroatoms. The molecule has 5 rings (SSSR count). The van der Waals surface area contributed by atoms with Gasteiger partial charge in [-0.15, -0.1) is 0 Å². The van der Waals surface area contributed by atoms with Gasteiger partial charge >= 0.3 is 5.97 Å². The molecule has 2 saturated heterocycles. The number of fused-ring (bicyclic) bond motifs is 1. The number of halogens is 1. The molecule has 10 nitrogen and oxygen atoms in total. The molecule has 2 aromatic carbocycles. The zero-order valence-corrected chi connectivity index (χ0v) is 28.4. The molecule has 258 valence electrons. The van der Waals surface area contributed by atoms with Crippen molar-refractivity contribution in [1.82, 2.24) is 4.90 Å². The highest BCUT2D eigenvalue weighted by Gasteiger charge is 2.51. The molecule has 0 aromatic heterocycles. The van der Waals surface area contributed by atoms with Crippen LogP contribution < -0.4 is 19.1 Å². The average Bonchev–Trinajstić information content (AvgIpc) is 3.80. The molecule has 1 unspecified atom stereocenters. The first-order chi connectivity index (χ1) is 22.5. The number of aliphatic carboxylic acids is 1. The summed E-state index contributed by atoms with van der Waals surface area (Å²) in [5, 5.41) is 10.8. The van der Waals surface area contributed by atoms with Crippen molar-refractivity contribution in [3.05, 3.63) is 47.3 Å². The lowest BCUT2D eigenvalue weighted by Gasteiger charge is -2.38. The van der Waals surface area contributed by atoms with Crippen LogP contribution in [0.25, 0.3) is 0 Å². The van der Waals surface area contributed by atoms with E-state index in [9.17, 15) is 19.1 Å². The van der Waals surface area contributed by atoms with Crippen LogP contribution >= 0.6 is 0 Å². The molecule has 3 aliphatic heterocycles. The lowest BCUT2D eigenvalue weighted by Crippen LogP contribution is -2.49. The van der Waals surface area contributed by atoms with Gasteiger partial charge in [0.15, 0.2) is 17.8 Å². The molecular formula is C36H49FN2O8. The number of anilines is 1. The first-order valence-electron chi connectivity index (χ1n) is 16.7. The maximum Gasteiger partial charge on any atom is 0.308 e. The van der Waals surface area contributed by atoms with E-state index in [1.54, 1.807) is 19.1 Å². The predicted octanol–water partition coefficient (Wildman–Crippen LogP) is 6.13. The molecule has 47 heavy (non-hydrogen) atoms. The van der Waals surface area contributed by atoms with Crippen LogP contribution in [0.5, 0.6) is 17.2 Å². The molecule has 0 saturated carbocycles. The summed E-state index contributed by atoms with van der Waals surface area (Å²) in [4.78, 5) is 31.6. The van der Waals surface area contributed by atoms with Gasteiger partial charge < -0.3 is 33.7 Å². The summed E-state index contributed by atoms with van der Waals surface area (Å²) in [5.74, 6) is -1.28. The number of carbonyl (C=O) groups excluding carboxylic acids is 1. The number of nitrogens with zero attached hydrogens (tertiary/aromatic N) is 2. The minimum Gasteiger partial charge on any atom is -0.493 e. The quantitative estimate of drug-likeness (QED) is 0.257. The Morgan fingerprint density at radius 3 is 2.43 bits per heavy atom. The Morgan fingerprint density at radius 1 is 1.11 bits per heavy atom. The first kappa shape index (κ1) is 34.9. The van der Waals surface area contributed by atoms with Crippen LogP contribution in [0.15, 0.2) is 30.3 Å². The predicted molar refractivity (Wildman–Crippen MR) is 175 cm³/mol. The van der Waals surface area contributed by atoms with Gasteiger partial charge in [-0.25, -0.2) is 4.39 Å². The molecular weight excluding hydrogens is 607 g/mol. The van der Waals surface area contributed by atoms with E-state index in [-0.39, 0.29) is 31.1 Å². The van der Waals surface area contributed by atoms with Crippen LogP contribution in [0.3, 0.4) is 0 Å². The fourth-order valence-electron chi connectivity index (χ4n) is 7.55. The van der Waals surface area contributed by atoms with Crippen molar-refractivity contribution in [2.75, 3.05) is 45.1 Å². The van der Waals surface area contributed by atoms with Crippen molar-refractivity contribution in [3.8, 4) is 17.2 Å². The summed E-state index contributed by atoms with van der Waals surface area (Å²) in [6, 6.07) is 7.85. The third kappa shape index (κ3) is 7.37. The number of likely N-dealkylation sites (tertiary alicyclic amines) is 1. The topological polar surface area (TPSA) is 107 Å². The zero-order chi connectivity index (χ0) is 33.9. The van der Waals surface area contributed by atoms with Crippen LogP contribution in [-0.2, 0) is 19.1 Å². The van der Waals surface area contributed by atoms with Crippen LogP contribution in [0.2, 0.25) is 0 Å². The van der Waals surface area contributed by atoms with Crippen molar-refractivity contribution in [3.63, 3.8) is 0 Å². The minimum absolute atomic E-state index is 0.00452. The normalized spacial score (nSPS) is 21.5. The number of hydrogen-bond donors (Lipinski definition) is 1. The Bertz CT molecular complexity index is 1420. The molecule has 2 fully saturated rings. The maximum absolute atomic E-state index is 14.6. The zero-order valence-electron chi connectivity index (χ0n) is 28.4. The third-order valence-electron chi connectivity index (χ3n) is 9.77. The molecule has 0 spiro atoms. The smallest absolute Gasteiger partial charge is 0.308 e. The number of carbonyl (C=O) groups is 2. The van der Waals surface area contributed by atoms with E-state index in [1.165, 1.54) is 13.2 Å². The molecule has 3 heterocycles. The molecule has 3 aliphatic rings. The van der Waals surface area contributed by atoms with Crippen LogP contribution in [0.4, 0.5) is 10.1 Å². The summed E-state index contributed by atoms with van der Waals surface area (Å²) >= 11 is 0. The summed E-state index contributed by atoms with van der Waals surface area (Å²) < 4.78 is 43.1. The van der Waals surface area contributed by atoms with Crippen molar-refractivity contribution < 1.29 is 42.8 Å². The average molecular weight is 657 g/mol. The number of carboxylic acid groups (broad SMARTS) is 1. The number of aryl methyl sites for hydroxylation is 1. The van der Waals surface area contributed by atoms with E-state index in [1.807, 2.05) is 35.8 Å². The van der Waals surface area contributed by atoms with Gasteiger partial charge in [-0.3, -0.25) is 14.5 Å². The van der Waals surface area contributed by atoms with E-state index >= 15 is 0 Å². The van der Waals surface area contributed by atoms with Gasteiger partial charge in [-0.05, 0) is 67.6 Å². The van der Waals surface area contributed by atoms with E-state index < -0.39 is 35.6 Å². The lowest BCUT2D eigenvalue weighted by atomic mass is 9.77. The second-order valence-corrected chi connectivity index (χ2v) is 13.6. The van der Waals surface area contributed by atoms with E-state index in [0.29, 0.717) is 54.7 Å². The Kier molecular flexibility index (Phi) is 11.0. The standard InChI is InChI=1S/C36H49FN2O8/c1-7-9-24(10-8-2)39(25-11-12-27(37)22(3)15-25)31(40)20-38-19-26(23-16-29(43-6)33-30(17-23)46-21-47-33)32(34(41)42)28(38)18-36(4,5)35-44-13-14-45-35/h11-12,15-17,24,26,28,32,35H,7-10,13-14,18-21H2,1-6H3,(H,41,42)/t26-,28+,32?/m1/s1. The Hall–Kier alpha value is -3.41. The number of hydrogen-bond acceptors (Lipinski definition) is 8. The monoisotopic (exact) mass is 656 g/mol. The van der Waals surface area contributed by atoms with Crippen LogP contribution in [0, 0.1) is 24.1 Å². The second kappa shape index (κ2) is 14.8. The summed E-state index contributed by atoms with van der Waals surface area (Å²) in [7, 11) is 1.54. The largest absolute Gasteiger partial charge is 0.493 e. The molecule has 0 radical (unpaired) electrons. The molecule has 1 N–H and O–H groups in total. The van der Waals surface area contributed by atoms with Crippen molar-refractivity contribution in [2.45, 2.75) is 91.0 Å². The number of benzene rings is 2. The molecule has 1 amide bonds. The highest BCUT2D eigenvalue weighted by atomic mass is 19.1. The first-order valence-corrected chi connectivity index (χ1v) is 16.7. The molecule has 2 aromatic rings. The summed E-state index contributed by atoms with van der Waals surface area (Å²) in [6.45, 7) is 11.2. The van der Waals surface area contributed by atoms with Gasteiger partial charge in [0.25, 0.3) is 0 Å². The van der Waals surface area contributed by atoms with Gasteiger partial charge in [0.05, 0.1) is 32.8 Å². The SMILES string of the molecule is CCCC(CCC)N(C(=O)CN1C[C@H](c2cc(OC)c3c(c2)OCO3)C(C(=O)O)[C@@H]1CC(C)(C)C1OCCO1)c1ccc(F)c(C)c1. The van der Waals surface area contributed by atoms with Gasteiger partial charge in [-0.2, -0.15) is 0 Å². The minimum atomic E-state index is -0.948. The van der Waals surface area contributed by atoms with Crippen molar-refractivity contribution >= 4 is 17.6 Å². The van der Waals surface area contributed by atoms with Crippen molar-refractivity contribution in [2.24, 2.45) is 11.3 Å².